The number of rotatable bonds is 3. The van der Waals surface area contributed by atoms with Gasteiger partial charge in [-0.25, -0.2) is 0 Å². The van der Waals surface area contributed by atoms with Crippen LogP contribution in [-0.4, -0.2) is 7.05 Å². The van der Waals surface area contributed by atoms with Crippen LogP contribution in [0.5, 0.6) is 0 Å². The van der Waals surface area contributed by atoms with Crippen LogP contribution in [0.3, 0.4) is 0 Å². The first-order valence-electron chi connectivity index (χ1n) is 5.40. The fraction of sp³-hybridized carbons (Fsp3) is 0.0667. The molecule has 0 fully saturated rings. The molecule has 0 aliphatic carbocycles. The van der Waals surface area contributed by atoms with Gasteiger partial charge in [-0.2, -0.15) is 0 Å². The molecule has 80 valence electrons. The summed E-state index contributed by atoms with van der Waals surface area (Å²) >= 11 is 0. The van der Waals surface area contributed by atoms with E-state index in [1.807, 2.05) is 37.4 Å². The third-order valence-electron chi connectivity index (χ3n) is 2.49. The van der Waals surface area contributed by atoms with Crippen LogP contribution in [0.1, 0.15) is 11.1 Å². The van der Waals surface area contributed by atoms with E-state index in [9.17, 15) is 0 Å². The Labute approximate surface area is 96.4 Å². The average Bonchev–Trinajstić information content (AvgIpc) is 2.38. The van der Waals surface area contributed by atoms with E-state index in [1.54, 1.807) is 0 Å². The molecule has 0 amide bonds. The minimum Gasteiger partial charge on any atom is -0.388 e. The third kappa shape index (κ3) is 2.51. The average molecular weight is 209 g/mol. The van der Waals surface area contributed by atoms with E-state index < -0.39 is 0 Å². The molecule has 2 aromatic rings. The minimum absolute atomic E-state index is 1.15. The summed E-state index contributed by atoms with van der Waals surface area (Å²) in [6.45, 7) is 0. The van der Waals surface area contributed by atoms with E-state index >= 15 is 0 Å². The van der Waals surface area contributed by atoms with Gasteiger partial charge < -0.3 is 5.32 Å². The van der Waals surface area contributed by atoms with Gasteiger partial charge in [-0.15, -0.1) is 0 Å². The van der Waals surface area contributed by atoms with Gasteiger partial charge in [0.25, 0.3) is 0 Å². The molecule has 0 radical (unpaired) electrons. The molecule has 0 saturated carbocycles. The fourth-order valence-corrected chi connectivity index (χ4v) is 1.62. The van der Waals surface area contributed by atoms with Crippen LogP contribution < -0.4 is 5.32 Å². The lowest BCUT2D eigenvalue weighted by Gasteiger charge is -2.03. The Bertz CT molecular complexity index is 472. The number of anilines is 1. The number of para-hydroxylation sites is 1. The highest BCUT2D eigenvalue weighted by atomic mass is 14.8. The van der Waals surface area contributed by atoms with E-state index in [-0.39, 0.29) is 0 Å². The topological polar surface area (TPSA) is 12.0 Å². The largest absolute Gasteiger partial charge is 0.388 e. The van der Waals surface area contributed by atoms with Crippen molar-refractivity contribution in [1.82, 2.24) is 0 Å². The summed E-state index contributed by atoms with van der Waals surface area (Å²) in [6.07, 6.45) is 4.25. The predicted octanol–water partition coefficient (Wildman–Crippen LogP) is 3.90. The van der Waals surface area contributed by atoms with Crippen LogP contribution >= 0.6 is 0 Å². The molecule has 0 spiro atoms. The zero-order chi connectivity index (χ0) is 11.2. The molecule has 0 unspecified atom stereocenters. The van der Waals surface area contributed by atoms with E-state index in [0.717, 1.165) is 5.69 Å². The molecule has 0 saturated heterocycles. The molecule has 0 bridgehead atoms. The van der Waals surface area contributed by atoms with Crippen molar-refractivity contribution >= 4 is 17.8 Å². The van der Waals surface area contributed by atoms with Crippen LogP contribution in [0.2, 0.25) is 0 Å². The van der Waals surface area contributed by atoms with Crippen molar-refractivity contribution in [2.75, 3.05) is 12.4 Å². The summed E-state index contributed by atoms with van der Waals surface area (Å²) in [5.41, 5.74) is 3.57. The van der Waals surface area contributed by atoms with Crippen LogP contribution in [0, 0.1) is 0 Å². The zero-order valence-electron chi connectivity index (χ0n) is 9.35. The minimum atomic E-state index is 1.15. The molecule has 0 atom stereocenters. The second-order valence-corrected chi connectivity index (χ2v) is 3.58. The van der Waals surface area contributed by atoms with Gasteiger partial charge in [0.1, 0.15) is 0 Å². The first-order valence-corrected chi connectivity index (χ1v) is 5.40. The van der Waals surface area contributed by atoms with Gasteiger partial charge in [0, 0.05) is 12.7 Å². The highest BCUT2D eigenvalue weighted by molar-refractivity contribution is 5.76. The van der Waals surface area contributed by atoms with Gasteiger partial charge in [0.2, 0.25) is 0 Å². The summed E-state index contributed by atoms with van der Waals surface area (Å²) in [5.74, 6) is 0. The molecular weight excluding hydrogens is 194 g/mol. The van der Waals surface area contributed by atoms with Crippen molar-refractivity contribution in [3.8, 4) is 0 Å². The maximum Gasteiger partial charge on any atom is 0.0411 e. The third-order valence-corrected chi connectivity index (χ3v) is 2.49. The highest BCUT2D eigenvalue weighted by Crippen LogP contribution is 2.17. The summed E-state index contributed by atoms with van der Waals surface area (Å²) in [5, 5.41) is 3.18. The molecule has 1 N–H and O–H groups in total. The standard InChI is InChI=1S/C15H15N/c1-16-15-10-6-5-9-14(15)12-11-13-7-3-2-4-8-13/h2-12,16H,1H3/b12-11-. The second kappa shape index (κ2) is 5.17. The van der Waals surface area contributed by atoms with Crippen LogP contribution in [0.25, 0.3) is 12.2 Å². The van der Waals surface area contributed by atoms with Gasteiger partial charge in [0.15, 0.2) is 0 Å². The lowest BCUT2D eigenvalue weighted by atomic mass is 10.1. The molecular formula is C15H15N. The van der Waals surface area contributed by atoms with Crippen LogP contribution in [0.4, 0.5) is 5.69 Å². The smallest absolute Gasteiger partial charge is 0.0411 e. The summed E-state index contributed by atoms with van der Waals surface area (Å²) in [4.78, 5) is 0. The van der Waals surface area contributed by atoms with Crippen molar-refractivity contribution in [3.05, 3.63) is 65.7 Å². The maximum absolute atomic E-state index is 3.18. The Kier molecular flexibility index (Phi) is 3.39. The van der Waals surface area contributed by atoms with Crippen molar-refractivity contribution in [3.63, 3.8) is 0 Å². The Morgan fingerprint density at radius 3 is 2.25 bits per heavy atom. The number of hydrogen-bond acceptors (Lipinski definition) is 1. The summed E-state index contributed by atoms with van der Waals surface area (Å²) in [7, 11) is 1.94. The lowest BCUT2D eigenvalue weighted by Crippen LogP contribution is -1.89. The Hall–Kier alpha value is -2.02. The second-order valence-electron chi connectivity index (χ2n) is 3.58. The molecule has 0 aliphatic rings. The molecule has 16 heavy (non-hydrogen) atoms. The van der Waals surface area contributed by atoms with Crippen LogP contribution in [-0.2, 0) is 0 Å². The van der Waals surface area contributed by atoms with Gasteiger partial charge >= 0.3 is 0 Å². The normalized spacial score (nSPS) is 10.6. The fourth-order valence-electron chi connectivity index (χ4n) is 1.62. The Balaban J connectivity index is 2.24. The van der Waals surface area contributed by atoms with Gasteiger partial charge in [-0.1, -0.05) is 60.7 Å². The van der Waals surface area contributed by atoms with E-state index in [0.29, 0.717) is 0 Å². The Morgan fingerprint density at radius 1 is 0.812 bits per heavy atom. The SMILES string of the molecule is CNc1ccccc1/C=C\c1ccccc1. The number of benzene rings is 2. The lowest BCUT2D eigenvalue weighted by molar-refractivity contribution is 1.49. The van der Waals surface area contributed by atoms with Crippen molar-refractivity contribution in [1.29, 1.82) is 0 Å². The molecule has 2 aromatic carbocycles. The van der Waals surface area contributed by atoms with Crippen LogP contribution in [0.15, 0.2) is 54.6 Å². The summed E-state index contributed by atoms with van der Waals surface area (Å²) in [6, 6.07) is 18.6. The Morgan fingerprint density at radius 2 is 1.50 bits per heavy atom. The quantitative estimate of drug-likeness (QED) is 0.756. The van der Waals surface area contributed by atoms with Crippen molar-refractivity contribution in [2.45, 2.75) is 0 Å². The van der Waals surface area contributed by atoms with E-state index in [1.165, 1.54) is 11.1 Å². The van der Waals surface area contributed by atoms with Gasteiger partial charge in [-0.05, 0) is 17.2 Å². The van der Waals surface area contributed by atoms with E-state index in [2.05, 4.69) is 41.7 Å². The van der Waals surface area contributed by atoms with Gasteiger partial charge in [0.05, 0.1) is 0 Å². The molecule has 0 aromatic heterocycles. The first kappa shape index (κ1) is 10.5. The van der Waals surface area contributed by atoms with Crippen molar-refractivity contribution < 1.29 is 0 Å². The number of nitrogens with one attached hydrogen (secondary N) is 1. The predicted molar refractivity (Wildman–Crippen MR) is 71.4 cm³/mol. The van der Waals surface area contributed by atoms with Gasteiger partial charge in [-0.3, -0.25) is 0 Å². The molecule has 1 heteroatoms. The molecule has 0 aliphatic heterocycles. The van der Waals surface area contributed by atoms with Crippen molar-refractivity contribution in [2.24, 2.45) is 0 Å². The maximum atomic E-state index is 3.18. The molecule has 0 heterocycles. The zero-order valence-corrected chi connectivity index (χ0v) is 9.35. The first-order chi connectivity index (χ1) is 7.90. The number of hydrogen-bond donors (Lipinski definition) is 1. The molecule has 2 rings (SSSR count). The monoisotopic (exact) mass is 209 g/mol. The highest BCUT2D eigenvalue weighted by Gasteiger charge is 1.93. The molecule has 1 nitrogen and oxygen atoms in total. The van der Waals surface area contributed by atoms with E-state index in [4.69, 9.17) is 0 Å². The summed E-state index contributed by atoms with van der Waals surface area (Å²) < 4.78 is 0.